The maximum absolute atomic E-state index is 7.50. The van der Waals surface area contributed by atoms with Gasteiger partial charge in [0.15, 0.2) is 0 Å². The Kier molecular flexibility index (Phi) is 339. The molecule has 0 unspecified atom stereocenters. The Labute approximate surface area is 105 Å². The summed E-state index contributed by atoms with van der Waals surface area (Å²) in [6.07, 6.45) is 0. The van der Waals surface area contributed by atoms with Crippen LogP contribution in [0.2, 0.25) is 0 Å². The summed E-state index contributed by atoms with van der Waals surface area (Å²) in [5.74, 6) is 0. The van der Waals surface area contributed by atoms with Gasteiger partial charge in [0.25, 0.3) is 0 Å². The van der Waals surface area contributed by atoms with E-state index >= 15 is 0 Å². The van der Waals surface area contributed by atoms with Gasteiger partial charge >= 0.3 is 105 Å². The van der Waals surface area contributed by atoms with Crippen molar-refractivity contribution in [3.63, 3.8) is 0 Å². The average Bonchev–Trinajstić information content (AvgIpc) is 2.41. The topological polar surface area (TPSA) is 112 Å². The van der Waals surface area contributed by atoms with Crippen molar-refractivity contribution in [2.75, 3.05) is 0 Å². The Bertz CT molecular complexity index is 198. The van der Waals surface area contributed by atoms with Crippen LogP contribution in [-0.4, -0.2) is 10.2 Å². The van der Waals surface area contributed by atoms with E-state index in [0.29, 0.717) is 6.04 Å². The standard InChI is InChI=1S/C4H7N.5CO.W/c1-4(2)5-3;5*1-2;/h4H,1-2H3;;;;;;. The molecule has 0 aromatic carbocycles. The second-order valence-corrected chi connectivity index (χ2v) is 1.97. The van der Waals surface area contributed by atoms with Crippen molar-refractivity contribution in [2.24, 2.45) is 4.99 Å². The van der Waals surface area contributed by atoms with Gasteiger partial charge in [0.1, 0.15) is 0 Å². The van der Waals surface area contributed by atoms with E-state index < -0.39 is 0 Å². The first kappa shape index (κ1) is 36.3. The third-order valence-electron chi connectivity index (χ3n) is 0.311. The molecule has 6 nitrogen and oxygen atoms in total. The molecule has 16 heavy (non-hydrogen) atoms. The van der Waals surface area contributed by atoms with Crippen LogP contribution in [0, 0.1) is 33.3 Å². The van der Waals surface area contributed by atoms with E-state index in [2.05, 4.69) is 42.4 Å². The molecule has 0 aromatic heterocycles. The Balaban J connectivity index is -0.0000000214. The monoisotopic (exact) mass is 393 g/mol. The molecular formula is C9H7NO5W. The quantitative estimate of drug-likeness (QED) is 0.354. The van der Waals surface area contributed by atoms with Gasteiger partial charge in [-0.05, 0) is 0 Å². The summed E-state index contributed by atoms with van der Waals surface area (Å²) in [6.45, 7) is 26.6. The molecule has 7 heteroatoms. The van der Waals surface area contributed by atoms with Crippen molar-refractivity contribution in [2.45, 2.75) is 19.9 Å². The number of hydrogen-bond donors (Lipinski definition) is 0. The molecule has 0 spiro atoms. The van der Waals surface area contributed by atoms with Crippen LogP contribution in [0.5, 0.6) is 0 Å². The van der Waals surface area contributed by atoms with E-state index in [1.807, 2.05) is 13.8 Å². The number of aliphatic imine (C=N–C) groups is 1. The fourth-order valence-corrected chi connectivity index (χ4v) is 0.863. The zero-order valence-electron chi connectivity index (χ0n) is 8.47. The second-order valence-electron chi connectivity index (χ2n) is 1.31. The van der Waals surface area contributed by atoms with Crippen LogP contribution in [-0.2, 0) is 42.6 Å². The normalized spacial score (nSPS) is 3.56. The van der Waals surface area contributed by atoms with Crippen molar-refractivity contribution in [3.05, 3.63) is 33.3 Å². The molecule has 0 rings (SSSR count). The van der Waals surface area contributed by atoms with Crippen molar-refractivity contribution in [1.82, 2.24) is 0 Å². The molecule has 0 radical (unpaired) electrons. The maximum atomic E-state index is 7.50. The fourth-order valence-electron chi connectivity index (χ4n) is 0.105. The van der Waals surface area contributed by atoms with Gasteiger partial charge in [-0.1, -0.05) is 0 Å². The molecule has 84 valence electrons. The van der Waals surface area contributed by atoms with Crippen LogP contribution in [0.3, 0.4) is 0 Å². The summed E-state index contributed by atoms with van der Waals surface area (Å²) in [7, 11) is 0. The molecule has 0 aliphatic carbocycles. The molecule has 0 aromatic rings. The summed E-state index contributed by atoms with van der Waals surface area (Å²) in [4.78, 5) is 3.91. The third-order valence-corrected chi connectivity index (χ3v) is 0.690. The number of hydrogen-bond acceptors (Lipinski definition) is 1. The molecule has 0 atom stereocenters. The predicted molar refractivity (Wildman–Crippen MR) is 42.2 cm³/mol. The van der Waals surface area contributed by atoms with Crippen LogP contribution in [0.25, 0.3) is 0 Å². The SMILES string of the molecule is CC(C)N=[C]=[W].[C-]#[O+].[C-]#[O+].[C-]#[O+].[C-]#[O+].[C-]#[O+]. The molecule has 0 aliphatic heterocycles. The van der Waals surface area contributed by atoms with Gasteiger partial charge in [0, 0.05) is 0 Å². The van der Waals surface area contributed by atoms with Crippen molar-refractivity contribution in [1.29, 1.82) is 0 Å². The number of nitrogens with zero attached hydrogens (tertiary/aromatic N) is 1. The van der Waals surface area contributed by atoms with Gasteiger partial charge in [0.05, 0.1) is 0 Å². The summed E-state index contributed by atoms with van der Waals surface area (Å²) < 4.78 is 40.3. The Hall–Kier alpha value is -1.03. The van der Waals surface area contributed by atoms with Gasteiger partial charge in [0.2, 0.25) is 0 Å². The number of rotatable bonds is 1. The van der Waals surface area contributed by atoms with E-state index in [-0.39, 0.29) is 0 Å². The molecule has 0 N–H and O–H groups in total. The Morgan fingerprint density at radius 3 is 1.00 bits per heavy atom. The molecule has 0 bridgehead atoms. The molecule has 0 aliphatic rings. The molecule has 0 fully saturated rings. The van der Waals surface area contributed by atoms with Crippen molar-refractivity contribution >= 4 is 4.19 Å². The molecule has 0 saturated heterocycles. The van der Waals surface area contributed by atoms with E-state index in [0.717, 1.165) is 0 Å². The average molecular weight is 393 g/mol. The van der Waals surface area contributed by atoms with Crippen LogP contribution < -0.4 is 0 Å². The molecule has 0 heterocycles. The first-order valence-electron chi connectivity index (χ1n) is 2.86. The third kappa shape index (κ3) is 479. The first-order valence-corrected chi connectivity index (χ1v) is 4.33. The molecule has 0 saturated carbocycles. The van der Waals surface area contributed by atoms with Gasteiger partial charge < -0.3 is 0 Å². The summed E-state index contributed by atoms with van der Waals surface area (Å²) >= 11 is 1.30. The van der Waals surface area contributed by atoms with Gasteiger partial charge in [-0.3, -0.25) is 0 Å². The van der Waals surface area contributed by atoms with Gasteiger partial charge in [-0.25, -0.2) is 0 Å². The van der Waals surface area contributed by atoms with E-state index in [1.165, 1.54) is 19.4 Å². The van der Waals surface area contributed by atoms with E-state index in [9.17, 15) is 0 Å². The minimum absolute atomic E-state index is 0.433. The van der Waals surface area contributed by atoms with Crippen LogP contribution in [0.4, 0.5) is 0 Å². The summed E-state index contributed by atoms with van der Waals surface area (Å²) in [5.41, 5.74) is 0. The predicted octanol–water partition coefficient (Wildman–Crippen LogP) is 0.659. The van der Waals surface area contributed by atoms with Crippen LogP contribution >= 0.6 is 0 Å². The molecule has 0 amide bonds. The zero-order valence-corrected chi connectivity index (χ0v) is 11.4. The molecular weight excluding hydrogens is 386 g/mol. The summed E-state index contributed by atoms with van der Waals surface area (Å²) in [5, 5.41) is 0. The zero-order chi connectivity index (χ0) is 15.0. The second kappa shape index (κ2) is 149. The van der Waals surface area contributed by atoms with E-state index in [4.69, 9.17) is 23.3 Å². The van der Waals surface area contributed by atoms with Crippen LogP contribution in [0.15, 0.2) is 4.99 Å². The fraction of sp³-hybridized carbons (Fsp3) is 0.333. The van der Waals surface area contributed by atoms with E-state index in [1.54, 1.807) is 0 Å². The summed E-state index contributed by atoms with van der Waals surface area (Å²) in [6, 6.07) is 0.433. The first-order chi connectivity index (χ1) is 7.77. The van der Waals surface area contributed by atoms with Crippen molar-refractivity contribution < 1.29 is 42.6 Å². The van der Waals surface area contributed by atoms with Gasteiger partial charge in [-0.2, -0.15) is 0 Å². The minimum atomic E-state index is 0.433. The Morgan fingerprint density at radius 2 is 1.00 bits per heavy atom. The van der Waals surface area contributed by atoms with Gasteiger partial charge in [-0.15, -0.1) is 0 Å². The van der Waals surface area contributed by atoms with Crippen molar-refractivity contribution in [3.8, 4) is 0 Å². The Morgan fingerprint density at radius 1 is 0.812 bits per heavy atom. The van der Waals surface area contributed by atoms with Crippen LogP contribution in [0.1, 0.15) is 13.8 Å².